The summed E-state index contributed by atoms with van der Waals surface area (Å²) in [5.74, 6) is -1.71. The van der Waals surface area contributed by atoms with Crippen LogP contribution in [0.5, 0.6) is 0 Å². The summed E-state index contributed by atoms with van der Waals surface area (Å²) in [5.41, 5.74) is -0.126. The quantitative estimate of drug-likeness (QED) is 0.285. The fourth-order valence-electron chi connectivity index (χ4n) is 8.06. The van der Waals surface area contributed by atoms with E-state index in [1.165, 1.54) is 6.92 Å². The molecule has 0 aromatic carbocycles. The zero-order valence-electron chi connectivity index (χ0n) is 24.1. The molecule has 3 N–H and O–H groups in total. The lowest BCUT2D eigenvalue weighted by Gasteiger charge is -2.62. The minimum absolute atomic E-state index is 0.0172. The first-order chi connectivity index (χ1) is 17.7. The molecule has 38 heavy (non-hydrogen) atoms. The highest BCUT2D eigenvalue weighted by Gasteiger charge is 2.73. The van der Waals surface area contributed by atoms with Crippen LogP contribution in [0.25, 0.3) is 0 Å². The van der Waals surface area contributed by atoms with Gasteiger partial charge in [-0.3, -0.25) is 19.2 Å². The minimum atomic E-state index is -1.01. The van der Waals surface area contributed by atoms with E-state index in [1.807, 2.05) is 13.8 Å². The number of rotatable bonds is 14. The van der Waals surface area contributed by atoms with Crippen molar-refractivity contribution in [2.75, 3.05) is 0 Å². The second-order valence-corrected chi connectivity index (χ2v) is 12.8. The van der Waals surface area contributed by atoms with Crippen molar-refractivity contribution >= 4 is 23.3 Å². The molecule has 3 aliphatic carbocycles. The number of carbonyl (C=O) groups is 4. The average molecular weight is 533 g/mol. The maximum atomic E-state index is 14.0. The van der Waals surface area contributed by atoms with E-state index in [-0.39, 0.29) is 49.0 Å². The van der Waals surface area contributed by atoms with Crippen molar-refractivity contribution in [3.05, 3.63) is 11.1 Å². The van der Waals surface area contributed by atoms with E-state index in [1.54, 1.807) is 0 Å². The van der Waals surface area contributed by atoms with E-state index in [0.717, 1.165) is 30.4 Å². The Morgan fingerprint density at radius 3 is 2.34 bits per heavy atom. The van der Waals surface area contributed by atoms with Crippen molar-refractivity contribution in [2.24, 2.45) is 34.0 Å². The lowest BCUT2D eigenvalue weighted by atomic mass is 9.40. The minimum Gasteiger partial charge on any atom is -0.481 e. The van der Waals surface area contributed by atoms with Crippen molar-refractivity contribution in [2.45, 2.75) is 124 Å². The topological polar surface area (TPSA) is 129 Å². The molecule has 7 nitrogen and oxygen atoms in total. The summed E-state index contributed by atoms with van der Waals surface area (Å²) in [5, 5.41) is 31.0. The third-order valence-electron chi connectivity index (χ3n) is 10.7. The third-order valence-corrected chi connectivity index (χ3v) is 10.7. The van der Waals surface area contributed by atoms with E-state index >= 15 is 0 Å². The number of hydrogen-bond donors (Lipinski definition) is 3. The van der Waals surface area contributed by atoms with E-state index in [4.69, 9.17) is 0 Å². The highest BCUT2D eigenvalue weighted by Crippen LogP contribution is 2.74. The van der Waals surface area contributed by atoms with Crippen molar-refractivity contribution in [1.29, 1.82) is 0 Å². The van der Waals surface area contributed by atoms with Gasteiger partial charge in [0.05, 0.1) is 23.5 Å². The monoisotopic (exact) mass is 532 g/mol. The van der Waals surface area contributed by atoms with Crippen molar-refractivity contribution in [3.8, 4) is 0 Å². The van der Waals surface area contributed by atoms with Crippen LogP contribution in [-0.2, 0) is 19.2 Å². The van der Waals surface area contributed by atoms with Crippen LogP contribution in [-0.4, -0.2) is 50.8 Å². The zero-order chi connectivity index (χ0) is 28.6. The van der Waals surface area contributed by atoms with Crippen LogP contribution in [0, 0.1) is 34.0 Å². The fourth-order valence-corrected chi connectivity index (χ4v) is 8.06. The molecule has 0 amide bonds. The molecule has 0 bridgehead atoms. The summed E-state index contributed by atoms with van der Waals surface area (Å²) in [4.78, 5) is 51.1. The summed E-state index contributed by atoms with van der Waals surface area (Å²) < 4.78 is 0. The Labute approximate surface area is 227 Å². The Hall–Kier alpha value is -1.86. The molecule has 3 rings (SSSR count). The number of carbonyl (C=O) groups excluding carboxylic acids is 3. The summed E-state index contributed by atoms with van der Waals surface area (Å²) in [6.07, 6.45) is 3.04. The lowest BCUT2D eigenvalue weighted by molar-refractivity contribution is -0.144. The van der Waals surface area contributed by atoms with Gasteiger partial charge in [0.15, 0.2) is 5.78 Å². The Kier molecular flexibility index (Phi) is 9.14. The molecule has 214 valence electrons. The first-order valence-electron chi connectivity index (χ1n) is 14.6. The van der Waals surface area contributed by atoms with Gasteiger partial charge in [0.25, 0.3) is 0 Å². The van der Waals surface area contributed by atoms with Crippen LogP contribution in [0.1, 0.15) is 112 Å². The van der Waals surface area contributed by atoms with E-state index in [0.29, 0.717) is 25.7 Å². The standard InChI is InChI=1S/C31H48O7/c1-7-19-16-31-25(36)15-22(23(34)14-21(33)13-18(4)28(37)38)30(31,6)17-24(35)27(26(19)31)29(5,9-3)12-10-11-20(32)8-2/h18-19,21-23,33-34H,7-17H2,1-6H3,(H,37,38)/t18?,19-,21-,22?,23+,29-,30-,31+/m1/s1. The highest BCUT2D eigenvalue weighted by atomic mass is 16.4. The van der Waals surface area contributed by atoms with Gasteiger partial charge >= 0.3 is 5.97 Å². The molecule has 0 aliphatic heterocycles. The largest absolute Gasteiger partial charge is 0.481 e. The number of aliphatic carboxylic acids is 1. The van der Waals surface area contributed by atoms with Crippen LogP contribution in [0.3, 0.4) is 0 Å². The molecule has 7 heteroatoms. The van der Waals surface area contributed by atoms with Gasteiger partial charge in [0.2, 0.25) is 0 Å². The molecule has 1 spiro atoms. The Morgan fingerprint density at radius 1 is 1.13 bits per heavy atom. The van der Waals surface area contributed by atoms with Crippen LogP contribution in [0.2, 0.25) is 0 Å². The predicted octanol–water partition coefficient (Wildman–Crippen LogP) is 5.06. The normalized spacial score (nSPS) is 32.6. The Morgan fingerprint density at radius 2 is 1.79 bits per heavy atom. The summed E-state index contributed by atoms with van der Waals surface area (Å²) in [6, 6.07) is 0. The van der Waals surface area contributed by atoms with E-state index < -0.39 is 46.3 Å². The SMILES string of the molecule is CCC(=O)CCC[C@@](C)(CC)C1=C2[C@H](CC)C[C@]23C(=O)CC([C@@H](O)C[C@H](O)CC(C)C(=O)O)[C@@]3(C)CC1=O. The van der Waals surface area contributed by atoms with Crippen LogP contribution in [0.15, 0.2) is 11.1 Å². The number of ketones is 3. The molecule has 0 heterocycles. The van der Waals surface area contributed by atoms with E-state index in [2.05, 4.69) is 20.8 Å². The summed E-state index contributed by atoms with van der Waals surface area (Å²) in [7, 11) is 0. The number of carboxylic acid groups (broad SMARTS) is 1. The maximum Gasteiger partial charge on any atom is 0.306 e. The van der Waals surface area contributed by atoms with Crippen LogP contribution in [0.4, 0.5) is 0 Å². The zero-order valence-corrected chi connectivity index (χ0v) is 24.1. The van der Waals surface area contributed by atoms with Crippen LogP contribution >= 0.6 is 0 Å². The number of carboxylic acids is 1. The first kappa shape index (κ1) is 30.7. The number of Topliss-reactive ketones (excluding diaryl/α,β-unsaturated/α-hetero) is 3. The highest BCUT2D eigenvalue weighted by molar-refractivity contribution is 6.06. The van der Waals surface area contributed by atoms with Gasteiger partial charge in [-0.15, -0.1) is 0 Å². The molecule has 0 radical (unpaired) electrons. The second-order valence-electron chi connectivity index (χ2n) is 12.8. The predicted molar refractivity (Wildman–Crippen MR) is 144 cm³/mol. The number of hydrogen-bond acceptors (Lipinski definition) is 6. The second kappa shape index (κ2) is 11.3. The van der Waals surface area contributed by atoms with Gasteiger partial charge in [-0.25, -0.2) is 0 Å². The van der Waals surface area contributed by atoms with Gasteiger partial charge in [0, 0.05) is 31.3 Å². The molecular weight excluding hydrogens is 484 g/mol. The number of allylic oxidation sites excluding steroid dienone is 2. The third kappa shape index (κ3) is 4.94. The molecule has 0 aromatic heterocycles. The van der Waals surface area contributed by atoms with E-state index in [9.17, 15) is 34.5 Å². The van der Waals surface area contributed by atoms with Gasteiger partial charge in [-0.05, 0) is 73.2 Å². The van der Waals surface area contributed by atoms with Gasteiger partial charge < -0.3 is 15.3 Å². The smallest absolute Gasteiger partial charge is 0.306 e. The molecule has 0 aromatic rings. The molecule has 8 atom stereocenters. The summed E-state index contributed by atoms with van der Waals surface area (Å²) >= 11 is 0. The molecule has 2 unspecified atom stereocenters. The number of aliphatic hydroxyl groups is 2. The van der Waals surface area contributed by atoms with Gasteiger partial charge in [-0.1, -0.05) is 41.5 Å². The molecule has 2 saturated carbocycles. The average Bonchev–Trinajstić information content (AvgIpc) is 3.07. The van der Waals surface area contributed by atoms with Gasteiger partial charge in [-0.2, -0.15) is 0 Å². The van der Waals surface area contributed by atoms with Crippen molar-refractivity contribution in [1.82, 2.24) is 0 Å². The maximum absolute atomic E-state index is 14.0. The molecule has 2 fully saturated rings. The molecular formula is C31H48O7. The van der Waals surface area contributed by atoms with Crippen LogP contribution < -0.4 is 0 Å². The fraction of sp³-hybridized carbons (Fsp3) is 0.806. The van der Waals surface area contributed by atoms with Crippen molar-refractivity contribution < 1.29 is 34.5 Å². The molecule has 3 aliphatic rings. The van der Waals surface area contributed by atoms with Gasteiger partial charge in [0.1, 0.15) is 11.6 Å². The Balaban J connectivity index is 1.97. The Bertz CT molecular complexity index is 998. The lowest BCUT2D eigenvalue weighted by Crippen LogP contribution is -2.60. The first-order valence-corrected chi connectivity index (χ1v) is 14.6. The van der Waals surface area contributed by atoms with Crippen molar-refractivity contribution in [3.63, 3.8) is 0 Å². The summed E-state index contributed by atoms with van der Waals surface area (Å²) in [6.45, 7) is 11.6. The number of aliphatic hydroxyl groups excluding tert-OH is 2. The molecule has 0 saturated heterocycles.